The third-order valence-corrected chi connectivity index (χ3v) is 5.97. The molecule has 9 heteroatoms. The number of anilines is 1. The van der Waals surface area contributed by atoms with Gasteiger partial charge in [-0.25, -0.2) is 9.97 Å². The largest absolute Gasteiger partial charge is 0.339 e. The summed E-state index contributed by atoms with van der Waals surface area (Å²) < 4.78 is 0. The van der Waals surface area contributed by atoms with E-state index >= 15 is 0 Å². The van der Waals surface area contributed by atoms with E-state index in [0.29, 0.717) is 34.4 Å². The summed E-state index contributed by atoms with van der Waals surface area (Å²) in [6, 6.07) is 13.4. The number of carbonyl (C=O) groups is 3. The van der Waals surface area contributed by atoms with E-state index in [1.54, 1.807) is 53.4 Å². The number of nitrogens with zero attached hydrogens (tertiary/aromatic N) is 4. The molecule has 176 valence electrons. The number of halogens is 2. The van der Waals surface area contributed by atoms with E-state index in [2.05, 4.69) is 9.97 Å². The smallest absolute Gasteiger partial charge is 0.253 e. The Balaban J connectivity index is 1.89. The predicted molar refractivity (Wildman–Crippen MR) is 132 cm³/mol. The van der Waals surface area contributed by atoms with Crippen LogP contribution in [-0.2, 0) is 11.3 Å². The third kappa shape index (κ3) is 6.18. The third-order valence-electron chi connectivity index (χ3n) is 5.23. The van der Waals surface area contributed by atoms with Crippen LogP contribution in [0.15, 0.2) is 60.9 Å². The summed E-state index contributed by atoms with van der Waals surface area (Å²) >= 11 is 12.2. The first-order valence-electron chi connectivity index (χ1n) is 10.8. The van der Waals surface area contributed by atoms with Crippen molar-refractivity contribution < 1.29 is 14.4 Å². The van der Waals surface area contributed by atoms with E-state index < -0.39 is 18.1 Å². The molecule has 0 bridgehead atoms. The lowest BCUT2D eigenvalue weighted by Crippen LogP contribution is -2.33. The van der Waals surface area contributed by atoms with Gasteiger partial charge in [-0.15, -0.1) is 0 Å². The molecule has 1 heterocycles. The first-order chi connectivity index (χ1) is 16.3. The zero-order chi connectivity index (χ0) is 24.7. The topological polar surface area (TPSA) is 83.5 Å². The molecule has 0 fully saturated rings. The van der Waals surface area contributed by atoms with Crippen molar-refractivity contribution in [1.82, 2.24) is 14.9 Å². The normalized spacial score (nSPS) is 10.6. The van der Waals surface area contributed by atoms with E-state index in [1.165, 1.54) is 17.3 Å². The second kappa shape index (κ2) is 11.7. The molecule has 0 radical (unpaired) electrons. The Bertz CT molecular complexity index is 1170. The Kier molecular flexibility index (Phi) is 8.73. The lowest BCUT2D eigenvalue weighted by atomic mass is 10.1. The number of ketones is 1. The number of benzene rings is 2. The van der Waals surface area contributed by atoms with Crippen molar-refractivity contribution in [3.63, 3.8) is 0 Å². The van der Waals surface area contributed by atoms with Gasteiger partial charge in [0.15, 0.2) is 5.82 Å². The molecule has 2 aromatic carbocycles. The first-order valence-corrected chi connectivity index (χ1v) is 11.5. The number of Topliss-reactive ketones (excluding diaryl/α,β-unsaturated/α-hetero) is 1. The van der Waals surface area contributed by atoms with Crippen LogP contribution >= 0.6 is 23.2 Å². The standard InChI is InChI=1S/C25H24Cl2N4O3/c1-3-30(4-2)25(34)18-7-9-19(10-8-18)31(16-17-6-11-20(26)21(27)14-17)23(33)15-22(32)24-28-12-5-13-29-24/h5-14H,3-4,15-16H2,1-2H3. The van der Waals surface area contributed by atoms with Crippen LogP contribution in [0.4, 0.5) is 5.69 Å². The highest BCUT2D eigenvalue weighted by Crippen LogP contribution is 2.26. The van der Waals surface area contributed by atoms with Gasteiger partial charge in [0, 0.05) is 36.7 Å². The highest BCUT2D eigenvalue weighted by Gasteiger charge is 2.22. The Hall–Kier alpha value is -3.29. The van der Waals surface area contributed by atoms with E-state index in [1.807, 2.05) is 13.8 Å². The van der Waals surface area contributed by atoms with Gasteiger partial charge in [0.05, 0.1) is 23.0 Å². The molecule has 0 spiro atoms. The number of hydrogen-bond acceptors (Lipinski definition) is 5. The Labute approximate surface area is 208 Å². The quantitative estimate of drug-likeness (QED) is 0.303. The SMILES string of the molecule is CCN(CC)C(=O)c1ccc(N(Cc2ccc(Cl)c(Cl)c2)C(=O)CC(=O)c2ncccn2)cc1. The van der Waals surface area contributed by atoms with Crippen LogP contribution in [0.5, 0.6) is 0 Å². The summed E-state index contributed by atoms with van der Waals surface area (Å²) in [5, 5.41) is 0.763. The summed E-state index contributed by atoms with van der Waals surface area (Å²) in [4.78, 5) is 49.5. The number of rotatable bonds is 9. The summed E-state index contributed by atoms with van der Waals surface area (Å²) in [5.74, 6) is -1.04. The van der Waals surface area contributed by atoms with Crippen molar-refractivity contribution in [3.8, 4) is 0 Å². The molecule has 0 saturated carbocycles. The van der Waals surface area contributed by atoms with E-state index in [9.17, 15) is 14.4 Å². The maximum atomic E-state index is 13.2. The van der Waals surface area contributed by atoms with Crippen molar-refractivity contribution in [1.29, 1.82) is 0 Å². The molecule has 2 amide bonds. The van der Waals surface area contributed by atoms with Gasteiger partial charge in [-0.2, -0.15) is 0 Å². The second-order valence-corrected chi connectivity index (χ2v) is 8.24. The molecular formula is C25H24Cl2N4O3. The van der Waals surface area contributed by atoms with Crippen LogP contribution in [0.2, 0.25) is 10.0 Å². The Morgan fingerprint density at radius 1 is 0.882 bits per heavy atom. The van der Waals surface area contributed by atoms with Crippen molar-refractivity contribution in [3.05, 3.63) is 87.9 Å². The Morgan fingerprint density at radius 2 is 1.53 bits per heavy atom. The molecule has 0 aliphatic rings. The molecule has 0 aliphatic carbocycles. The molecule has 7 nitrogen and oxygen atoms in total. The second-order valence-electron chi connectivity index (χ2n) is 7.43. The molecule has 0 aliphatic heterocycles. The lowest BCUT2D eigenvalue weighted by Gasteiger charge is -2.24. The summed E-state index contributed by atoms with van der Waals surface area (Å²) in [7, 11) is 0. The van der Waals surface area contributed by atoms with Crippen molar-refractivity contribution in [2.24, 2.45) is 0 Å². The van der Waals surface area contributed by atoms with Crippen LogP contribution < -0.4 is 4.90 Å². The Morgan fingerprint density at radius 3 is 2.12 bits per heavy atom. The number of carbonyl (C=O) groups excluding carboxylic acids is 3. The van der Waals surface area contributed by atoms with Crippen LogP contribution in [-0.4, -0.2) is 45.6 Å². The van der Waals surface area contributed by atoms with Gasteiger partial charge in [-0.05, 0) is 61.9 Å². The van der Waals surface area contributed by atoms with Gasteiger partial charge in [0.2, 0.25) is 11.7 Å². The molecule has 1 aromatic heterocycles. The highest BCUT2D eigenvalue weighted by atomic mass is 35.5. The zero-order valence-corrected chi connectivity index (χ0v) is 20.4. The predicted octanol–water partition coefficient (Wildman–Crippen LogP) is 5.07. The maximum Gasteiger partial charge on any atom is 0.253 e. The van der Waals surface area contributed by atoms with Gasteiger partial charge in [-0.1, -0.05) is 29.3 Å². The maximum absolute atomic E-state index is 13.2. The molecule has 3 aromatic rings. The number of aromatic nitrogens is 2. The van der Waals surface area contributed by atoms with Gasteiger partial charge < -0.3 is 9.80 Å². The van der Waals surface area contributed by atoms with E-state index in [0.717, 1.165) is 5.56 Å². The minimum absolute atomic E-state index is 0.0227. The van der Waals surface area contributed by atoms with Crippen LogP contribution in [0.25, 0.3) is 0 Å². The van der Waals surface area contributed by atoms with Crippen LogP contribution in [0.3, 0.4) is 0 Å². The molecule has 0 unspecified atom stereocenters. The minimum Gasteiger partial charge on any atom is -0.339 e. The average molecular weight is 499 g/mol. The van der Waals surface area contributed by atoms with E-state index in [4.69, 9.17) is 23.2 Å². The van der Waals surface area contributed by atoms with Crippen LogP contribution in [0, 0.1) is 0 Å². The van der Waals surface area contributed by atoms with Crippen molar-refractivity contribution in [2.45, 2.75) is 26.8 Å². The minimum atomic E-state index is -0.488. The van der Waals surface area contributed by atoms with Crippen molar-refractivity contribution >= 4 is 46.5 Å². The molecule has 0 saturated heterocycles. The number of amides is 2. The summed E-state index contributed by atoms with van der Waals surface area (Å²) in [5.41, 5.74) is 1.78. The summed E-state index contributed by atoms with van der Waals surface area (Å²) in [6.45, 7) is 5.19. The molecule has 0 N–H and O–H groups in total. The fourth-order valence-corrected chi connectivity index (χ4v) is 3.70. The molecular weight excluding hydrogens is 475 g/mol. The lowest BCUT2D eigenvalue weighted by molar-refractivity contribution is -0.117. The fourth-order valence-electron chi connectivity index (χ4n) is 3.38. The average Bonchev–Trinajstić information content (AvgIpc) is 2.86. The molecule has 34 heavy (non-hydrogen) atoms. The van der Waals surface area contributed by atoms with Crippen LogP contribution in [0.1, 0.15) is 46.8 Å². The summed E-state index contributed by atoms with van der Waals surface area (Å²) in [6.07, 6.45) is 2.49. The van der Waals surface area contributed by atoms with Crippen molar-refractivity contribution in [2.75, 3.05) is 18.0 Å². The molecule has 0 atom stereocenters. The fraction of sp³-hybridized carbons (Fsp3) is 0.240. The monoisotopic (exact) mass is 498 g/mol. The van der Waals surface area contributed by atoms with Gasteiger partial charge in [-0.3, -0.25) is 14.4 Å². The highest BCUT2D eigenvalue weighted by molar-refractivity contribution is 6.42. The van der Waals surface area contributed by atoms with Gasteiger partial charge in [0.25, 0.3) is 5.91 Å². The van der Waals surface area contributed by atoms with Gasteiger partial charge >= 0.3 is 0 Å². The zero-order valence-electron chi connectivity index (χ0n) is 18.9. The number of hydrogen-bond donors (Lipinski definition) is 0. The first kappa shape index (κ1) is 25.3. The molecule has 3 rings (SSSR count). The van der Waals surface area contributed by atoms with E-state index in [-0.39, 0.29) is 18.3 Å². The van der Waals surface area contributed by atoms with Gasteiger partial charge in [0.1, 0.15) is 0 Å².